The summed E-state index contributed by atoms with van der Waals surface area (Å²) < 4.78 is 0. The largest absolute Gasteiger partial charge is 0.382 e. The molecule has 2 rings (SSSR count). The third kappa shape index (κ3) is 2.49. The maximum Gasteiger partial charge on any atom is 0.0479 e. The Labute approximate surface area is 85.2 Å². The van der Waals surface area contributed by atoms with E-state index < -0.39 is 0 Å². The first-order chi connectivity index (χ1) is 6.95. The van der Waals surface area contributed by atoms with Gasteiger partial charge in [-0.25, -0.2) is 0 Å². The zero-order valence-electron chi connectivity index (χ0n) is 8.19. The second kappa shape index (κ2) is 4.66. The highest BCUT2D eigenvalue weighted by Gasteiger charge is 2.05. The van der Waals surface area contributed by atoms with Gasteiger partial charge in [-0.15, -0.1) is 0 Å². The van der Waals surface area contributed by atoms with Gasteiger partial charge in [0.05, 0.1) is 0 Å². The zero-order chi connectivity index (χ0) is 9.64. The molecule has 72 valence electrons. The fourth-order valence-corrected chi connectivity index (χ4v) is 1.61. The van der Waals surface area contributed by atoms with Crippen LogP contribution in [-0.2, 0) is 0 Å². The maximum absolute atomic E-state index is 3.52. The van der Waals surface area contributed by atoms with Crippen LogP contribution in [0.2, 0.25) is 0 Å². The minimum Gasteiger partial charge on any atom is -0.382 e. The Kier molecular flexibility index (Phi) is 3.02. The number of hydrogen-bond donors (Lipinski definition) is 1. The van der Waals surface area contributed by atoms with Crippen molar-refractivity contribution in [2.75, 3.05) is 0 Å². The van der Waals surface area contributed by atoms with Crippen molar-refractivity contribution in [3.05, 3.63) is 60.4 Å². The van der Waals surface area contributed by atoms with Gasteiger partial charge in [0.2, 0.25) is 0 Å². The average Bonchev–Trinajstić information content (AvgIpc) is 2.48. The van der Waals surface area contributed by atoms with E-state index in [2.05, 4.69) is 60.0 Å². The maximum atomic E-state index is 3.52. The molecule has 0 saturated heterocycles. The molecule has 2 aliphatic carbocycles. The zero-order valence-corrected chi connectivity index (χ0v) is 8.19. The van der Waals surface area contributed by atoms with Crippen molar-refractivity contribution < 1.29 is 0 Å². The highest BCUT2D eigenvalue weighted by atomic mass is 14.9. The van der Waals surface area contributed by atoms with Gasteiger partial charge in [0.25, 0.3) is 0 Å². The molecule has 0 aromatic carbocycles. The number of nitrogens with one attached hydrogen (secondary N) is 1. The smallest absolute Gasteiger partial charge is 0.0479 e. The van der Waals surface area contributed by atoms with Crippen LogP contribution in [0.5, 0.6) is 0 Å². The van der Waals surface area contributed by atoms with Gasteiger partial charge in [0.15, 0.2) is 0 Å². The molecule has 0 spiro atoms. The lowest BCUT2D eigenvalue weighted by molar-refractivity contribution is 0.662. The van der Waals surface area contributed by atoms with Gasteiger partial charge in [-0.05, 0) is 12.5 Å². The molecule has 0 radical (unpaired) electrons. The molecule has 0 heterocycles. The SMILES string of the molecule is C1=CC=C(NC2C=CC=CC2)CC=C1. The molecule has 0 aromatic rings. The van der Waals surface area contributed by atoms with Crippen molar-refractivity contribution >= 4 is 0 Å². The molecule has 0 aromatic heterocycles. The van der Waals surface area contributed by atoms with Gasteiger partial charge in [0, 0.05) is 18.2 Å². The molecule has 1 unspecified atom stereocenters. The lowest BCUT2D eigenvalue weighted by atomic mass is 10.1. The van der Waals surface area contributed by atoms with Crippen molar-refractivity contribution in [2.24, 2.45) is 0 Å². The summed E-state index contributed by atoms with van der Waals surface area (Å²) in [6.45, 7) is 0. The fraction of sp³-hybridized carbons (Fsp3) is 0.231. The van der Waals surface area contributed by atoms with Gasteiger partial charge in [0.1, 0.15) is 0 Å². The summed E-state index contributed by atoms with van der Waals surface area (Å²) in [5.41, 5.74) is 1.29. The Balaban J connectivity index is 1.94. The van der Waals surface area contributed by atoms with E-state index in [4.69, 9.17) is 0 Å². The molecule has 1 atom stereocenters. The highest BCUT2D eigenvalue weighted by molar-refractivity contribution is 5.24. The topological polar surface area (TPSA) is 12.0 Å². The van der Waals surface area contributed by atoms with Crippen LogP contribution in [0.4, 0.5) is 0 Å². The first kappa shape index (κ1) is 9.07. The molecular weight excluding hydrogens is 170 g/mol. The van der Waals surface area contributed by atoms with E-state index in [1.54, 1.807) is 0 Å². The van der Waals surface area contributed by atoms with Crippen molar-refractivity contribution in [1.82, 2.24) is 5.32 Å². The molecule has 0 saturated carbocycles. The highest BCUT2D eigenvalue weighted by Crippen LogP contribution is 2.09. The first-order valence-corrected chi connectivity index (χ1v) is 5.07. The van der Waals surface area contributed by atoms with Crippen LogP contribution >= 0.6 is 0 Å². The third-order valence-corrected chi connectivity index (χ3v) is 2.34. The standard InChI is InChI=1S/C13H15N/c1-2-5-9-12(8-4-1)14-13-10-6-3-7-11-13/h1-8,10,13-14H,9,11H2. The van der Waals surface area contributed by atoms with Gasteiger partial charge < -0.3 is 5.32 Å². The first-order valence-electron chi connectivity index (χ1n) is 5.07. The van der Waals surface area contributed by atoms with E-state index in [1.165, 1.54) is 5.70 Å². The second-order valence-electron chi connectivity index (χ2n) is 3.51. The molecule has 0 amide bonds. The lowest BCUT2D eigenvalue weighted by Crippen LogP contribution is -2.26. The molecule has 1 N–H and O–H groups in total. The van der Waals surface area contributed by atoms with Crippen molar-refractivity contribution in [1.29, 1.82) is 0 Å². The fourth-order valence-electron chi connectivity index (χ4n) is 1.61. The summed E-state index contributed by atoms with van der Waals surface area (Å²) in [7, 11) is 0. The van der Waals surface area contributed by atoms with Crippen molar-refractivity contribution in [3.8, 4) is 0 Å². The predicted octanol–water partition coefficient (Wildman–Crippen LogP) is 2.86. The third-order valence-electron chi connectivity index (χ3n) is 2.34. The summed E-state index contributed by atoms with van der Waals surface area (Å²) in [4.78, 5) is 0. The Morgan fingerprint density at radius 1 is 1.00 bits per heavy atom. The summed E-state index contributed by atoms with van der Waals surface area (Å²) >= 11 is 0. The predicted molar refractivity (Wildman–Crippen MR) is 60.8 cm³/mol. The number of rotatable bonds is 2. The molecule has 0 fully saturated rings. The minimum absolute atomic E-state index is 0.464. The van der Waals surface area contributed by atoms with Crippen molar-refractivity contribution in [3.63, 3.8) is 0 Å². The number of hydrogen-bond acceptors (Lipinski definition) is 1. The van der Waals surface area contributed by atoms with Crippen LogP contribution in [0.1, 0.15) is 12.8 Å². The molecule has 1 nitrogen and oxygen atoms in total. The summed E-state index contributed by atoms with van der Waals surface area (Å²) in [5.74, 6) is 0. The normalized spacial score (nSPS) is 24.6. The van der Waals surface area contributed by atoms with E-state index in [1.807, 2.05) is 0 Å². The van der Waals surface area contributed by atoms with Gasteiger partial charge >= 0.3 is 0 Å². The van der Waals surface area contributed by atoms with Crippen LogP contribution in [-0.4, -0.2) is 6.04 Å². The Bertz CT molecular complexity index is 329. The summed E-state index contributed by atoms with van der Waals surface area (Å²) in [6, 6.07) is 0.464. The second-order valence-corrected chi connectivity index (χ2v) is 3.51. The van der Waals surface area contributed by atoms with E-state index in [9.17, 15) is 0 Å². The van der Waals surface area contributed by atoms with E-state index >= 15 is 0 Å². The van der Waals surface area contributed by atoms with Crippen LogP contribution in [0, 0.1) is 0 Å². The number of allylic oxidation sites excluding steroid dienone is 7. The summed E-state index contributed by atoms with van der Waals surface area (Å²) in [6.07, 6.45) is 21.2. The van der Waals surface area contributed by atoms with Crippen LogP contribution in [0.3, 0.4) is 0 Å². The Morgan fingerprint density at radius 3 is 2.79 bits per heavy atom. The molecule has 0 aliphatic heterocycles. The van der Waals surface area contributed by atoms with Gasteiger partial charge in [-0.1, -0.05) is 48.6 Å². The molecule has 14 heavy (non-hydrogen) atoms. The van der Waals surface area contributed by atoms with Crippen LogP contribution in [0.15, 0.2) is 60.4 Å². The van der Waals surface area contributed by atoms with Gasteiger partial charge in [-0.3, -0.25) is 0 Å². The van der Waals surface area contributed by atoms with E-state index in [0.29, 0.717) is 6.04 Å². The van der Waals surface area contributed by atoms with Gasteiger partial charge in [-0.2, -0.15) is 0 Å². The average molecular weight is 185 g/mol. The van der Waals surface area contributed by atoms with Crippen LogP contribution < -0.4 is 5.32 Å². The molecule has 2 aliphatic rings. The quantitative estimate of drug-likeness (QED) is 0.697. The molecule has 1 heteroatoms. The molecule has 0 bridgehead atoms. The summed E-state index contributed by atoms with van der Waals surface area (Å²) in [5, 5.41) is 3.52. The van der Waals surface area contributed by atoms with Crippen molar-refractivity contribution in [2.45, 2.75) is 18.9 Å². The monoisotopic (exact) mass is 185 g/mol. The Morgan fingerprint density at radius 2 is 1.93 bits per heavy atom. The van der Waals surface area contributed by atoms with E-state index in [-0.39, 0.29) is 0 Å². The lowest BCUT2D eigenvalue weighted by Gasteiger charge is -2.17. The van der Waals surface area contributed by atoms with E-state index in [0.717, 1.165) is 12.8 Å². The Hall–Kier alpha value is -1.50. The minimum atomic E-state index is 0.464. The van der Waals surface area contributed by atoms with Crippen LogP contribution in [0.25, 0.3) is 0 Å². The molecular formula is C13H15N.